The van der Waals surface area contributed by atoms with Crippen molar-refractivity contribution in [2.24, 2.45) is 5.92 Å². The molecule has 0 saturated carbocycles. The molecule has 2 amide bonds. The zero-order chi connectivity index (χ0) is 24.5. The number of carbonyl (C=O) groups is 1. The molecule has 2 aliphatic rings. The third kappa shape index (κ3) is 4.70. The van der Waals surface area contributed by atoms with Gasteiger partial charge in [-0.15, -0.1) is 11.3 Å². The van der Waals surface area contributed by atoms with Gasteiger partial charge in [-0.2, -0.15) is 5.26 Å². The van der Waals surface area contributed by atoms with Crippen LogP contribution >= 0.6 is 11.3 Å². The third-order valence-corrected chi connectivity index (χ3v) is 8.49. The molecule has 182 valence electrons. The first-order chi connectivity index (χ1) is 17.0. The van der Waals surface area contributed by atoms with Gasteiger partial charge in [0.1, 0.15) is 16.5 Å². The van der Waals surface area contributed by atoms with E-state index in [-0.39, 0.29) is 6.03 Å². The van der Waals surface area contributed by atoms with Crippen LogP contribution in [0, 0.1) is 17.2 Å². The van der Waals surface area contributed by atoms with Gasteiger partial charge >= 0.3 is 6.03 Å². The number of nitrogens with zero attached hydrogens (tertiary/aromatic N) is 5. The highest BCUT2D eigenvalue weighted by molar-refractivity contribution is 7.19. The Morgan fingerprint density at radius 1 is 1.23 bits per heavy atom. The minimum atomic E-state index is -0.107. The number of fused-ring (bicyclic) bond motifs is 3. The van der Waals surface area contributed by atoms with E-state index in [0.717, 1.165) is 54.7 Å². The fourth-order valence-corrected chi connectivity index (χ4v) is 6.31. The Kier molecular flexibility index (Phi) is 6.61. The summed E-state index contributed by atoms with van der Waals surface area (Å²) >= 11 is 1.86. The molecule has 1 aliphatic carbocycles. The fraction of sp³-hybridized carbons (Fsp3) is 0.481. The Balaban J connectivity index is 1.37. The number of aromatic nitrogens is 2. The number of thiophene rings is 1. The lowest BCUT2D eigenvalue weighted by Gasteiger charge is -2.36. The number of rotatable bonds is 4. The van der Waals surface area contributed by atoms with Gasteiger partial charge in [0.2, 0.25) is 0 Å². The topological polar surface area (TPSA) is 85.2 Å². The van der Waals surface area contributed by atoms with Gasteiger partial charge < -0.3 is 15.1 Å². The molecular formula is C27H32N6OS. The van der Waals surface area contributed by atoms with Crippen LogP contribution in [0.15, 0.2) is 24.3 Å². The molecule has 0 spiro atoms. The SMILES string of the molecule is CCC(C)c1nc(N2CCN(C(=O)Nc3ccc(C#N)cc3)CC2)c2c3c(sc2n1)CC(C)CC3. The van der Waals surface area contributed by atoms with Gasteiger partial charge in [-0.25, -0.2) is 14.8 Å². The predicted octanol–water partition coefficient (Wildman–Crippen LogP) is 5.56. The molecule has 1 aromatic carbocycles. The van der Waals surface area contributed by atoms with Gasteiger partial charge in [0.15, 0.2) is 0 Å². The summed E-state index contributed by atoms with van der Waals surface area (Å²) in [5.74, 6) is 3.03. The molecule has 1 saturated heterocycles. The van der Waals surface area contributed by atoms with E-state index in [4.69, 9.17) is 15.2 Å². The predicted molar refractivity (Wildman–Crippen MR) is 141 cm³/mol. The van der Waals surface area contributed by atoms with Gasteiger partial charge in [0.25, 0.3) is 0 Å². The van der Waals surface area contributed by atoms with Gasteiger partial charge in [0.05, 0.1) is 17.0 Å². The van der Waals surface area contributed by atoms with Crippen LogP contribution in [0.5, 0.6) is 0 Å². The molecule has 3 heterocycles. The molecule has 0 radical (unpaired) electrons. The van der Waals surface area contributed by atoms with Crippen molar-refractivity contribution in [1.82, 2.24) is 14.9 Å². The molecule has 3 aromatic rings. The van der Waals surface area contributed by atoms with E-state index >= 15 is 0 Å². The number of benzene rings is 1. The van der Waals surface area contributed by atoms with Crippen LogP contribution in [0.25, 0.3) is 10.2 Å². The van der Waals surface area contributed by atoms with Crippen molar-refractivity contribution in [2.45, 2.75) is 52.4 Å². The number of nitriles is 1. The monoisotopic (exact) mass is 488 g/mol. The zero-order valence-electron chi connectivity index (χ0n) is 20.7. The Bertz CT molecular complexity index is 1270. The second-order valence-corrected chi connectivity index (χ2v) is 10.9. The van der Waals surface area contributed by atoms with E-state index in [1.807, 2.05) is 16.2 Å². The molecule has 7 nitrogen and oxygen atoms in total. The lowest BCUT2D eigenvalue weighted by atomic mass is 9.89. The van der Waals surface area contributed by atoms with Crippen LogP contribution in [0.4, 0.5) is 16.3 Å². The standard InChI is InChI=1S/C27H32N6OS/c1-4-18(3)24-30-25(23-21-10-5-17(2)15-22(21)35-26(23)31-24)32-11-13-33(14-12-32)27(34)29-20-8-6-19(16-28)7-9-20/h6-9,17-18H,4-5,10-15H2,1-3H3,(H,29,34). The number of hydrogen-bond donors (Lipinski definition) is 1. The summed E-state index contributed by atoms with van der Waals surface area (Å²) in [5, 5.41) is 13.2. The van der Waals surface area contributed by atoms with Crippen LogP contribution in [-0.2, 0) is 12.8 Å². The number of carbonyl (C=O) groups excluding carboxylic acids is 1. The summed E-state index contributed by atoms with van der Waals surface area (Å²) in [4.78, 5) is 29.8. The van der Waals surface area contributed by atoms with Crippen molar-refractivity contribution in [1.29, 1.82) is 5.26 Å². The third-order valence-electron chi connectivity index (χ3n) is 7.34. The van der Waals surface area contributed by atoms with Crippen LogP contribution in [0.1, 0.15) is 61.4 Å². The number of aryl methyl sites for hydroxylation is 1. The number of anilines is 2. The largest absolute Gasteiger partial charge is 0.352 e. The van der Waals surface area contributed by atoms with Gasteiger partial charge in [0, 0.05) is 42.7 Å². The summed E-state index contributed by atoms with van der Waals surface area (Å²) in [6.07, 6.45) is 4.46. The van der Waals surface area contributed by atoms with Crippen LogP contribution in [0.2, 0.25) is 0 Å². The molecule has 2 aromatic heterocycles. The highest BCUT2D eigenvalue weighted by Gasteiger charge is 2.29. The van der Waals surface area contributed by atoms with Crippen LogP contribution in [-0.4, -0.2) is 47.1 Å². The van der Waals surface area contributed by atoms with Gasteiger partial charge in [-0.3, -0.25) is 0 Å². The lowest BCUT2D eigenvalue weighted by Crippen LogP contribution is -2.50. The average molecular weight is 489 g/mol. The zero-order valence-corrected chi connectivity index (χ0v) is 21.5. The smallest absolute Gasteiger partial charge is 0.321 e. The maximum Gasteiger partial charge on any atom is 0.321 e. The number of hydrogen-bond acceptors (Lipinski definition) is 6. The van der Waals surface area contributed by atoms with Crippen molar-refractivity contribution < 1.29 is 4.79 Å². The summed E-state index contributed by atoms with van der Waals surface area (Å²) in [5.41, 5.74) is 2.73. The van der Waals surface area contributed by atoms with E-state index in [2.05, 4.69) is 37.1 Å². The molecular weight excluding hydrogens is 456 g/mol. The van der Waals surface area contributed by atoms with Crippen molar-refractivity contribution in [3.05, 3.63) is 46.1 Å². The first-order valence-electron chi connectivity index (χ1n) is 12.6. The summed E-state index contributed by atoms with van der Waals surface area (Å²) < 4.78 is 0. The molecule has 5 rings (SSSR count). The Morgan fingerprint density at radius 3 is 2.66 bits per heavy atom. The molecule has 1 fully saturated rings. The Labute approximate surface area is 210 Å². The normalized spacial score (nSPS) is 18.7. The Morgan fingerprint density at radius 2 is 1.97 bits per heavy atom. The second-order valence-electron chi connectivity index (χ2n) is 9.84. The van der Waals surface area contributed by atoms with Crippen molar-refractivity contribution >= 4 is 39.1 Å². The van der Waals surface area contributed by atoms with E-state index in [9.17, 15) is 4.79 Å². The average Bonchev–Trinajstić information content (AvgIpc) is 3.25. The number of piperazine rings is 1. The number of amides is 2. The van der Waals surface area contributed by atoms with Crippen molar-refractivity contribution in [2.75, 3.05) is 36.4 Å². The quantitative estimate of drug-likeness (QED) is 0.520. The molecule has 35 heavy (non-hydrogen) atoms. The minimum Gasteiger partial charge on any atom is -0.352 e. The molecule has 1 aliphatic heterocycles. The molecule has 8 heteroatoms. The van der Waals surface area contributed by atoms with Crippen molar-refractivity contribution in [3.63, 3.8) is 0 Å². The highest BCUT2D eigenvalue weighted by atomic mass is 32.1. The first-order valence-corrected chi connectivity index (χ1v) is 13.4. The van der Waals surface area contributed by atoms with Gasteiger partial charge in [-0.05, 0) is 61.4 Å². The molecule has 0 bridgehead atoms. The van der Waals surface area contributed by atoms with Crippen molar-refractivity contribution in [3.8, 4) is 6.07 Å². The minimum absolute atomic E-state index is 0.107. The molecule has 2 unspecified atom stereocenters. The maximum absolute atomic E-state index is 12.8. The van der Waals surface area contributed by atoms with Crippen LogP contribution < -0.4 is 10.2 Å². The number of nitrogens with one attached hydrogen (secondary N) is 1. The van der Waals surface area contributed by atoms with Crippen LogP contribution in [0.3, 0.4) is 0 Å². The first kappa shape index (κ1) is 23.6. The summed E-state index contributed by atoms with van der Waals surface area (Å²) in [6.45, 7) is 9.48. The maximum atomic E-state index is 12.8. The summed E-state index contributed by atoms with van der Waals surface area (Å²) in [7, 11) is 0. The van der Waals surface area contributed by atoms with E-state index < -0.39 is 0 Å². The summed E-state index contributed by atoms with van der Waals surface area (Å²) in [6, 6.07) is 8.95. The lowest BCUT2D eigenvalue weighted by molar-refractivity contribution is 0.208. The fourth-order valence-electron chi connectivity index (χ4n) is 4.92. The number of urea groups is 1. The van der Waals surface area contributed by atoms with E-state index in [1.165, 1.54) is 22.2 Å². The van der Waals surface area contributed by atoms with E-state index in [0.29, 0.717) is 30.3 Å². The highest BCUT2D eigenvalue weighted by Crippen LogP contribution is 2.42. The Hall–Kier alpha value is -3.18. The van der Waals surface area contributed by atoms with Gasteiger partial charge in [-0.1, -0.05) is 20.8 Å². The second kappa shape index (κ2) is 9.82. The molecule has 1 N–H and O–H groups in total. The van der Waals surface area contributed by atoms with E-state index in [1.54, 1.807) is 24.3 Å². The molecule has 2 atom stereocenters.